The van der Waals surface area contributed by atoms with Crippen LogP contribution in [0.3, 0.4) is 0 Å². The molecule has 8 heteroatoms. The van der Waals surface area contributed by atoms with Crippen molar-refractivity contribution in [2.45, 2.75) is 70.6 Å². The van der Waals surface area contributed by atoms with Gasteiger partial charge in [-0.3, -0.25) is 4.68 Å². The highest BCUT2D eigenvalue weighted by atomic mass is 127. The highest BCUT2D eigenvalue weighted by molar-refractivity contribution is 14.0. The van der Waals surface area contributed by atoms with Gasteiger partial charge in [0, 0.05) is 43.4 Å². The number of halogens is 1. The minimum absolute atomic E-state index is 0. The van der Waals surface area contributed by atoms with E-state index in [9.17, 15) is 5.11 Å². The molecule has 1 aromatic rings. The Labute approximate surface area is 185 Å². The quantitative estimate of drug-likeness (QED) is 0.302. The lowest BCUT2D eigenvalue weighted by Gasteiger charge is -2.54. The molecular weight excluding hydrogens is 469 g/mol. The van der Waals surface area contributed by atoms with Crippen molar-refractivity contribution in [1.29, 1.82) is 0 Å². The van der Waals surface area contributed by atoms with Gasteiger partial charge in [-0.2, -0.15) is 5.10 Å². The average Bonchev–Trinajstić information content (AvgIpc) is 3.29. The number of rotatable bonds is 7. The zero-order valence-electron chi connectivity index (χ0n) is 17.6. The monoisotopic (exact) mass is 505 g/mol. The molecule has 0 aromatic carbocycles. The van der Waals surface area contributed by atoms with Gasteiger partial charge in [0.05, 0.1) is 18.8 Å². The van der Waals surface area contributed by atoms with Crippen LogP contribution in [0.4, 0.5) is 0 Å². The number of nitrogens with zero attached hydrogens (tertiary/aromatic N) is 3. The first-order valence-corrected chi connectivity index (χ1v) is 10.3. The predicted octanol–water partition coefficient (Wildman–Crippen LogP) is 2.54. The molecule has 1 spiro atoms. The van der Waals surface area contributed by atoms with Crippen LogP contribution in [0.15, 0.2) is 17.4 Å². The Kier molecular flexibility index (Phi) is 8.16. The Morgan fingerprint density at radius 1 is 1.43 bits per heavy atom. The molecule has 0 amide bonds. The van der Waals surface area contributed by atoms with Crippen molar-refractivity contribution in [3.8, 4) is 0 Å². The molecule has 0 radical (unpaired) electrons. The number of hydrogen-bond donors (Lipinski definition) is 3. The van der Waals surface area contributed by atoms with Crippen molar-refractivity contribution in [1.82, 2.24) is 20.4 Å². The lowest BCUT2D eigenvalue weighted by atomic mass is 9.60. The van der Waals surface area contributed by atoms with Crippen LogP contribution in [0.2, 0.25) is 0 Å². The third-order valence-electron chi connectivity index (χ3n) is 6.21. The molecule has 2 aliphatic carbocycles. The first-order valence-electron chi connectivity index (χ1n) is 10.3. The SMILES string of the molecule is CCNC(=NCC(C)(O)c1cnn(C)c1)NC1CC(OCC)C12CCCC2.I. The third kappa shape index (κ3) is 4.81. The summed E-state index contributed by atoms with van der Waals surface area (Å²) in [7, 11) is 1.85. The van der Waals surface area contributed by atoms with Crippen LogP contribution in [0.5, 0.6) is 0 Å². The summed E-state index contributed by atoms with van der Waals surface area (Å²) in [6.45, 7) is 7.77. The molecule has 0 aliphatic heterocycles. The minimum Gasteiger partial charge on any atom is -0.383 e. The number of ether oxygens (including phenoxy) is 1. The molecule has 2 saturated carbocycles. The van der Waals surface area contributed by atoms with Crippen molar-refractivity contribution in [3.05, 3.63) is 18.0 Å². The second kappa shape index (κ2) is 9.75. The fourth-order valence-electron chi connectivity index (χ4n) is 4.60. The zero-order valence-corrected chi connectivity index (χ0v) is 19.9. The van der Waals surface area contributed by atoms with Crippen LogP contribution < -0.4 is 10.6 Å². The summed E-state index contributed by atoms with van der Waals surface area (Å²) in [5.41, 5.74) is -0.0235. The smallest absolute Gasteiger partial charge is 0.191 e. The molecule has 0 bridgehead atoms. The van der Waals surface area contributed by atoms with Crippen molar-refractivity contribution in [3.63, 3.8) is 0 Å². The summed E-state index contributed by atoms with van der Waals surface area (Å²) in [6, 6.07) is 0.387. The standard InChI is InChI=1S/C20H35N5O2.HI/c1-5-21-18(22-14-19(3,26)15-12-23-25(4)13-15)24-16-11-17(27-6-2)20(16)9-7-8-10-20;/h12-13,16-17,26H,5-11,14H2,1-4H3,(H2,21,22,24);1H. The van der Waals surface area contributed by atoms with Gasteiger partial charge in [0.1, 0.15) is 5.60 Å². The average molecular weight is 505 g/mol. The summed E-state index contributed by atoms with van der Waals surface area (Å²) in [5.74, 6) is 0.771. The summed E-state index contributed by atoms with van der Waals surface area (Å²) in [6.07, 6.45) is 9.94. The van der Waals surface area contributed by atoms with Crippen LogP contribution in [-0.4, -0.2) is 52.7 Å². The van der Waals surface area contributed by atoms with E-state index in [1.807, 2.05) is 13.2 Å². The van der Waals surface area contributed by atoms with E-state index >= 15 is 0 Å². The highest BCUT2D eigenvalue weighted by Gasteiger charge is 2.57. The fourth-order valence-corrected chi connectivity index (χ4v) is 4.60. The molecule has 1 heterocycles. The number of hydrogen-bond acceptors (Lipinski definition) is 4. The minimum atomic E-state index is -1.05. The first kappa shape index (κ1) is 23.4. The van der Waals surface area contributed by atoms with Crippen LogP contribution in [0.25, 0.3) is 0 Å². The molecule has 1 aromatic heterocycles. The number of aliphatic hydroxyl groups is 1. The highest BCUT2D eigenvalue weighted by Crippen LogP contribution is 2.54. The van der Waals surface area contributed by atoms with Gasteiger partial charge in [-0.25, -0.2) is 4.99 Å². The van der Waals surface area contributed by atoms with Gasteiger partial charge in [0.2, 0.25) is 0 Å². The first-order chi connectivity index (χ1) is 12.9. The number of aromatic nitrogens is 2. The van der Waals surface area contributed by atoms with Crippen LogP contribution >= 0.6 is 24.0 Å². The predicted molar refractivity (Wildman–Crippen MR) is 122 cm³/mol. The molecule has 3 N–H and O–H groups in total. The maximum atomic E-state index is 10.8. The second-order valence-electron chi connectivity index (χ2n) is 8.19. The van der Waals surface area contributed by atoms with E-state index in [1.165, 1.54) is 25.7 Å². The third-order valence-corrected chi connectivity index (χ3v) is 6.21. The van der Waals surface area contributed by atoms with Crippen molar-refractivity contribution in [2.75, 3.05) is 19.7 Å². The summed E-state index contributed by atoms with van der Waals surface area (Å²) in [5, 5.41) is 21.9. The topological polar surface area (TPSA) is 83.7 Å². The van der Waals surface area contributed by atoms with Crippen molar-refractivity contribution in [2.24, 2.45) is 17.5 Å². The maximum absolute atomic E-state index is 10.8. The van der Waals surface area contributed by atoms with Crippen molar-refractivity contribution < 1.29 is 9.84 Å². The van der Waals surface area contributed by atoms with Gasteiger partial charge in [0.25, 0.3) is 0 Å². The van der Waals surface area contributed by atoms with Crippen molar-refractivity contribution >= 4 is 29.9 Å². The molecule has 7 nitrogen and oxygen atoms in total. The molecule has 3 unspecified atom stereocenters. The molecule has 28 heavy (non-hydrogen) atoms. The van der Waals surface area contributed by atoms with E-state index in [-0.39, 0.29) is 35.9 Å². The fraction of sp³-hybridized carbons (Fsp3) is 0.800. The van der Waals surface area contributed by atoms with E-state index in [4.69, 9.17) is 4.74 Å². The molecule has 2 aliphatic rings. The number of aliphatic imine (C=N–C) groups is 1. The van der Waals surface area contributed by atoms with Gasteiger partial charge < -0.3 is 20.5 Å². The van der Waals surface area contributed by atoms with E-state index in [2.05, 4.69) is 34.6 Å². The van der Waals surface area contributed by atoms with Gasteiger partial charge in [-0.05, 0) is 40.0 Å². The number of aryl methyl sites for hydroxylation is 1. The van der Waals surface area contributed by atoms with Crippen LogP contribution in [-0.2, 0) is 17.4 Å². The second-order valence-corrected chi connectivity index (χ2v) is 8.19. The maximum Gasteiger partial charge on any atom is 0.191 e. The number of nitrogens with one attached hydrogen (secondary N) is 2. The molecular formula is C20H36IN5O2. The van der Waals surface area contributed by atoms with E-state index in [0.29, 0.717) is 12.1 Å². The van der Waals surface area contributed by atoms with Gasteiger partial charge in [0.15, 0.2) is 5.96 Å². The van der Waals surface area contributed by atoms with E-state index < -0.39 is 5.60 Å². The van der Waals surface area contributed by atoms with E-state index in [1.54, 1.807) is 17.8 Å². The van der Waals surface area contributed by atoms with Gasteiger partial charge >= 0.3 is 0 Å². The summed E-state index contributed by atoms with van der Waals surface area (Å²) in [4.78, 5) is 4.68. The number of guanidine groups is 1. The molecule has 2 fully saturated rings. The Hall–Kier alpha value is -0.870. The van der Waals surface area contributed by atoms with Gasteiger partial charge in [-0.1, -0.05) is 12.8 Å². The summed E-state index contributed by atoms with van der Waals surface area (Å²) < 4.78 is 7.71. The van der Waals surface area contributed by atoms with Crippen LogP contribution in [0, 0.1) is 5.41 Å². The Morgan fingerprint density at radius 2 is 2.14 bits per heavy atom. The molecule has 0 saturated heterocycles. The lowest BCUT2D eigenvalue weighted by Crippen LogP contribution is -2.65. The molecule has 3 atom stereocenters. The Balaban J connectivity index is 0.00000280. The normalized spacial score (nSPS) is 25.7. The van der Waals surface area contributed by atoms with Crippen LogP contribution in [0.1, 0.15) is 58.4 Å². The molecule has 3 rings (SSSR count). The Morgan fingerprint density at radius 3 is 2.71 bits per heavy atom. The van der Waals surface area contributed by atoms with Gasteiger partial charge in [-0.15, -0.1) is 24.0 Å². The lowest BCUT2D eigenvalue weighted by molar-refractivity contribution is -0.125. The summed E-state index contributed by atoms with van der Waals surface area (Å²) >= 11 is 0. The molecule has 160 valence electrons. The Bertz CT molecular complexity index is 655. The largest absolute Gasteiger partial charge is 0.383 e. The van der Waals surface area contributed by atoms with E-state index in [0.717, 1.165) is 31.1 Å². The zero-order chi connectivity index (χ0) is 19.5.